The number of aromatic nitrogens is 4. The number of hydrogen-bond acceptors (Lipinski definition) is 6. The largest absolute Gasteiger partial charge is 0.436 e. The molecular weight excluding hydrogens is 473 g/mol. The van der Waals surface area contributed by atoms with Crippen LogP contribution in [-0.4, -0.2) is 44.3 Å². The van der Waals surface area contributed by atoms with E-state index < -0.39 is 12.6 Å². The summed E-state index contributed by atoms with van der Waals surface area (Å²) in [7, 11) is 0. The standard InChI is InChI=1S/C25H23F3N6O2/c1-15-11-16(4-7-19(15)24(35)32-17-5-6-17)21-14-31-23-20(30-10-8-25(26,27)28)12-22(33-34(21)23)36-18-3-2-9-29-13-18/h2-4,7,9,11-14,17,30H,5-6,8,10H2,1H3,(H,32,35). The van der Waals surface area contributed by atoms with E-state index >= 15 is 0 Å². The highest BCUT2D eigenvalue weighted by atomic mass is 19.4. The van der Waals surface area contributed by atoms with Gasteiger partial charge in [-0.2, -0.15) is 13.2 Å². The Morgan fingerprint density at radius 1 is 1.19 bits per heavy atom. The second-order valence-corrected chi connectivity index (χ2v) is 8.64. The Labute approximate surface area is 204 Å². The summed E-state index contributed by atoms with van der Waals surface area (Å²) in [6, 6.07) is 10.6. The van der Waals surface area contributed by atoms with Gasteiger partial charge in [0.15, 0.2) is 5.65 Å². The topological polar surface area (TPSA) is 93.4 Å². The van der Waals surface area contributed by atoms with Crippen LogP contribution < -0.4 is 15.4 Å². The molecule has 1 amide bonds. The summed E-state index contributed by atoms with van der Waals surface area (Å²) in [6.07, 6.45) is 1.39. The van der Waals surface area contributed by atoms with E-state index in [1.54, 1.807) is 36.7 Å². The normalized spacial score (nSPS) is 13.6. The van der Waals surface area contributed by atoms with Crippen molar-refractivity contribution >= 4 is 17.2 Å². The van der Waals surface area contributed by atoms with Gasteiger partial charge >= 0.3 is 6.18 Å². The second kappa shape index (κ2) is 9.48. The first kappa shape index (κ1) is 23.6. The summed E-state index contributed by atoms with van der Waals surface area (Å²) in [5.41, 5.74) is 3.40. The molecule has 1 aliphatic carbocycles. The van der Waals surface area contributed by atoms with Gasteiger partial charge in [0.1, 0.15) is 5.75 Å². The number of halogens is 3. The van der Waals surface area contributed by atoms with E-state index in [2.05, 4.69) is 25.7 Å². The quantitative estimate of drug-likeness (QED) is 0.351. The first-order chi connectivity index (χ1) is 17.3. The predicted molar refractivity (Wildman–Crippen MR) is 127 cm³/mol. The maximum absolute atomic E-state index is 12.7. The van der Waals surface area contributed by atoms with Crippen molar-refractivity contribution in [2.24, 2.45) is 0 Å². The van der Waals surface area contributed by atoms with E-state index in [1.807, 2.05) is 13.0 Å². The lowest BCUT2D eigenvalue weighted by Gasteiger charge is -2.13. The number of aryl methyl sites for hydroxylation is 1. The fraction of sp³-hybridized carbons (Fsp3) is 0.280. The maximum Gasteiger partial charge on any atom is 0.390 e. The van der Waals surface area contributed by atoms with Crippen molar-refractivity contribution in [3.63, 3.8) is 0 Å². The van der Waals surface area contributed by atoms with Crippen molar-refractivity contribution < 1.29 is 22.7 Å². The Balaban J connectivity index is 1.50. The van der Waals surface area contributed by atoms with Gasteiger partial charge < -0.3 is 15.4 Å². The first-order valence-electron chi connectivity index (χ1n) is 11.5. The number of carbonyl (C=O) groups excluding carboxylic acids is 1. The van der Waals surface area contributed by atoms with Gasteiger partial charge in [0.05, 0.1) is 30.2 Å². The molecule has 4 aromatic rings. The van der Waals surface area contributed by atoms with Crippen LogP contribution in [0.25, 0.3) is 16.9 Å². The number of pyridine rings is 1. The summed E-state index contributed by atoms with van der Waals surface area (Å²) in [5.74, 6) is 0.469. The molecule has 11 heteroatoms. The van der Waals surface area contributed by atoms with E-state index in [1.165, 1.54) is 16.8 Å². The van der Waals surface area contributed by atoms with E-state index in [9.17, 15) is 18.0 Å². The van der Waals surface area contributed by atoms with Gasteiger partial charge in [-0.05, 0) is 49.6 Å². The molecule has 0 bridgehead atoms. The van der Waals surface area contributed by atoms with Crippen LogP contribution in [0.3, 0.4) is 0 Å². The van der Waals surface area contributed by atoms with Gasteiger partial charge in [-0.1, -0.05) is 6.07 Å². The van der Waals surface area contributed by atoms with Crippen LogP contribution in [0, 0.1) is 6.92 Å². The van der Waals surface area contributed by atoms with Crippen molar-refractivity contribution in [1.82, 2.24) is 24.9 Å². The number of imidazole rings is 1. The SMILES string of the molecule is Cc1cc(-c2cnc3c(NCCC(F)(F)F)cc(Oc4cccnc4)nn23)ccc1C(=O)NC1CC1. The summed E-state index contributed by atoms with van der Waals surface area (Å²) < 4.78 is 45.5. The van der Waals surface area contributed by atoms with Crippen LogP contribution in [0.1, 0.15) is 35.2 Å². The number of benzene rings is 1. The summed E-state index contributed by atoms with van der Waals surface area (Å²) in [5, 5.41) is 10.3. The van der Waals surface area contributed by atoms with E-state index in [4.69, 9.17) is 4.74 Å². The Morgan fingerprint density at radius 2 is 2.03 bits per heavy atom. The van der Waals surface area contributed by atoms with Crippen molar-refractivity contribution in [2.75, 3.05) is 11.9 Å². The number of alkyl halides is 3. The number of fused-ring (bicyclic) bond motifs is 1. The third-order valence-electron chi connectivity index (χ3n) is 5.71. The minimum absolute atomic E-state index is 0.110. The molecule has 1 saturated carbocycles. The lowest BCUT2D eigenvalue weighted by Crippen LogP contribution is -2.26. The molecule has 3 aromatic heterocycles. The van der Waals surface area contributed by atoms with Gasteiger partial charge in [0.2, 0.25) is 5.88 Å². The summed E-state index contributed by atoms with van der Waals surface area (Å²) in [6.45, 7) is 1.52. The number of rotatable bonds is 8. The third kappa shape index (κ3) is 5.40. The first-order valence-corrected chi connectivity index (χ1v) is 11.5. The predicted octanol–water partition coefficient (Wildman–Crippen LogP) is 5.15. The monoisotopic (exact) mass is 496 g/mol. The third-order valence-corrected chi connectivity index (χ3v) is 5.71. The van der Waals surface area contributed by atoms with E-state index in [0.29, 0.717) is 28.3 Å². The Hall–Kier alpha value is -4.15. The van der Waals surface area contributed by atoms with Crippen molar-refractivity contribution in [1.29, 1.82) is 0 Å². The number of nitrogens with one attached hydrogen (secondary N) is 2. The highest BCUT2D eigenvalue weighted by Crippen LogP contribution is 2.30. The lowest BCUT2D eigenvalue weighted by atomic mass is 10.0. The van der Waals surface area contributed by atoms with Gasteiger partial charge in [0, 0.05) is 36.0 Å². The highest BCUT2D eigenvalue weighted by Gasteiger charge is 2.27. The van der Waals surface area contributed by atoms with Crippen LogP contribution >= 0.6 is 0 Å². The molecule has 3 heterocycles. The summed E-state index contributed by atoms with van der Waals surface area (Å²) >= 11 is 0. The Kier molecular flexibility index (Phi) is 6.21. The van der Waals surface area contributed by atoms with Crippen LogP contribution in [0.5, 0.6) is 11.6 Å². The smallest absolute Gasteiger partial charge is 0.390 e. The second-order valence-electron chi connectivity index (χ2n) is 8.64. The highest BCUT2D eigenvalue weighted by molar-refractivity contribution is 5.96. The van der Waals surface area contributed by atoms with Crippen molar-refractivity contribution in [3.05, 3.63) is 66.1 Å². The van der Waals surface area contributed by atoms with Crippen LogP contribution in [-0.2, 0) is 0 Å². The zero-order valence-electron chi connectivity index (χ0n) is 19.3. The average Bonchev–Trinajstić information content (AvgIpc) is 3.54. The summed E-state index contributed by atoms with van der Waals surface area (Å²) in [4.78, 5) is 20.9. The van der Waals surface area contributed by atoms with Crippen molar-refractivity contribution in [3.8, 4) is 22.9 Å². The number of nitrogens with zero attached hydrogens (tertiary/aromatic N) is 4. The molecule has 2 N–H and O–H groups in total. The van der Waals surface area contributed by atoms with Gasteiger partial charge in [-0.3, -0.25) is 9.78 Å². The minimum Gasteiger partial charge on any atom is -0.436 e. The molecule has 0 spiro atoms. The molecule has 0 saturated heterocycles. The molecule has 8 nitrogen and oxygen atoms in total. The fourth-order valence-corrected chi connectivity index (χ4v) is 3.76. The van der Waals surface area contributed by atoms with Gasteiger partial charge in [-0.25, -0.2) is 9.50 Å². The zero-order chi connectivity index (χ0) is 25.3. The average molecular weight is 496 g/mol. The molecule has 36 heavy (non-hydrogen) atoms. The van der Waals surface area contributed by atoms with Crippen LogP contribution in [0.4, 0.5) is 18.9 Å². The van der Waals surface area contributed by atoms with Crippen LogP contribution in [0.15, 0.2) is 55.0 Å². The van der Waals surface area contributed by atoms with E-state index in [-0.39, 0.29) is 24.4 Å². The Bertz CT molecular complexity index is 1400. The minimum atomic E-state index is -4.29. The molecule has 0 aliphatic heterocycles. The number of amides is 1. The number of ether oxygens (including phenoxy) is 1. The van der Waals surface area contributed by atoms with Gasteiger partial charge in [-0.15, -0.1) is 5.10 Å². The molecule has 5 rings (SSSR count). The molecule has 1 aromatic carbocycles. The van der Waals surface area contributed by atoms with Gasteiger partial charge in [0.25, 0.3) is 5.91 Å². The molecule has 1 fully saturated rings. The molecule has 0 atom stereocenters. The maximum atomic E-state index is 12.7. The molecule has 1 aliphatic rings. The number of hydrogen-bond donors (Lipinski definition) is 2. The van der Waals surface area contributed by atoms with Crippen LogP contribution in [0.2, 0.25) is 0 Å². The van der Waals surface area contributed by atoms with E-state index in [0.717, 1.165) is 24.0 Å². The van der Waals surface area contributed by atoms with Crippen molar-refractivity contribution in [2.45, 2.75) is 38.4 Å². The molecule has 0 radical (unpaired) electrons. The number of carbonyl (C=O) groups is 1. The number of anilines is 1. The fourth-order valence-electron chi connectivity index (χ4n) is 3.76. The molecular formula is C25H23F3N6O2. The molecule has 0 unspecified atom stereocenters. The zero-order valence-corrected chi connectivity index (χ0v) is 19.3. The molecule has 186 valence electrons. The lowest BCUT2D eigenvalue weighted by molar-refractivity contribution is -0.131. The Morgan fingerprint density at radius 3 is 2.72 bits per heavy atom.